The Labute approximate surface area is 126 Å². The molecule has 2 nitrogen and oxygen atoms in total. The number of carbonyl (C=O) groups excluding carboxylic acids is 1. The van der Waals surface area contributed by atoms with Crippen LogP contribution in [0, 0.1) is 26.6 Å². The van der Waals surface area contributed by atoms with Gasteiger partial charge in [0.25, 0.3) is 5.91 Å². The maximum atomic E-state index is 13.9. The van der Waals surface area contributed by atoms with E-state index >= 15 is 0 Å². The highest BCUT2D eigenvalue weighted by Crippen LogP contribution is 2.28. The Kier molecular flexibility index (Phi) is 4.23. The fraction of sp³-hybridized carbons (Fsp3) is 0.188. The van der Waals surface area contributed by atoms with Crippen LogP contribution >= 0.6 is 15.9 Å². The molecule has 0 heterocycles. The molecule has 104 valence electrons. The first-order chi connectivity index (χ1) is 9.40. The summed E-state index contributed by atoms with van der Waals surface area (Å²) in [5, 5.41) is 2.76. The van der Waals surface area contributed by atoms with E-state index in [0.717, 1.165) is 15.6 Å². The zero-order valence-corrected chi connectivity index (χ0v) is 13.1. The molecule has 0 aliphatic rings. The molecule has 20 heavy (non-hydrogen) atoms. The van der Waals surface area contributed by atoms with Crippen LogP contribution in [0.25, 0.3) is 0 Å². The molecule has 1 amide bonds. The summed E-state index contributed by atoms with van der Waals surface area (Å²) in [6.07, 6.45) is 0. The molecule has 2 aromatic rings. The van der Waals surface area contributed by atoms with Crippen molar-refractivity contribution in [3.05, 3.63) is 62.9 Å². The molecule has 0 saturated carbocycles. The van der Waals surface area contributed by atoms with Gasteiger partial charge in [-0.2, -0.15) is 0 Å². The summed E-state index contributed by atoms with van der Waals surface area (Å²) >= 11 is 3.42. The van der Waals surface area contributed by atoms with E-state index < -0.39 is 11.7 Å². The van der Waals surface area contributed by atoms with E-state index in [9.17, 15) is 9.18 Å². The molecule has 0 fully saturated rings. The second-order valence-corrected chi connectivity index (χ2v) is 5.68. The van der Waals surface area contributed by atoms with Gasteiger partial charge in [0.2, 0.25) is 0 Å². The van der Waals surface area contributed by atoms with Gasteiger partial charge in [-0.1, -0.05) is 18.2 Å². The fourth-order valence-corrected chi connectivity index (χ4v) is 2.85. The molecule has 1 N–H and O–H groups in total. The van der Waals surface area contributed by atoms with Gasteiger partial charge in [-0.05, 0) is 65.5 Å². The maximum absolute atomic E-state index is 13.9. The van der Waals surface area contributed by atoms with Crippen molar-refractivity contribution in [2.45, 2.75) is 20.8 Å². The van der Waals surface area contributed by atoms with E-state index in [1.54, 1.807) is 19.1 Å². The predicted molar refractivity (Wildman–Crippen MR) is 82.7 cm³/mol. The Morgan fingerprint density at radius 1 is 1.15 bits per heavy atom. The molecule has 0 saturated heterocycles. The van der Waals surface area contributed by atoms with Crippen molar-refractivity contribution >= 4 is 27.5 Å². The standard InChI is InChI=1S/C16H15BrFNO/c1-9-7-11(3)15(13(17)8-9)19-16(20)12-6-4-5-10(2)14(12)18/h4-8H,1-3H3,(H,19,20). The Balaban J connectivity index is 2.36. The third-order valence-electron chi connectivity index (χ3n) is 3.11. The van der Waals surface area contributed by atoms with Crippen molar-refractivity contribution in [2.75, 3.05) is 5.32 Å². The summed E-state index contributed by atoms with van der Waals surface area (Å²) in [6.45, 7) is 5.52. The molecule has 0 aliphatic carbocycles. The van der Waals surface area contributed by atoms with Gasteiger partial charge >= 0.3 is 0 Å². The number of benzene rings is 2. The van der Waals surface area contributed by atoms with Gasteiger partial charge in [-0.3, -0.25) is 4.79 Å². The van der Waals surface area contributed by atoms with Crippen molar-refractivity contribution in [3.8, 4) is 0 Å². The Hall–Kier alpha value is -1.68. The van der Waals surface area contributed by atoms with Gasteiger partial charge in [-0.15, -0.1) is 0 Å². The minimum Gasteiger partial charge on any atom is -0.321 e. The molecular formula is C16H15BrFNO. The second kappa shape index (κ2) is 5.75. The number of hydrogen-bond acceptors (Lipinski definition) is 1. The average molecular weight is 336 g/mol. The smallest absolute Gasteiger partial charge is 0.258 e. The van der Waals surface area contributed by atoms with Crippen molar-refractivity contribution in [2.24, 2.45) is 0 Å². The van der Waals surface area contributed by atoms with Crippen LogP contribution in [0.4, 0.5) is 10.1 Å². The maximum Gasteiger partial charge on any atom is 0.258 e. The lowest BCUT2D eigenvalue weighted by Gasteiger charge is -2.12. The third-order valence-corrected chi connectivity index (χ3v) is 3.73. The van der Waals surface area contributed by atoms with Crippen molar-refractivity contribution < 1.29 is 9.18 Å². The van der Waals surface area contributed by atoms with Crippen LogP contribution in [0.5, 0.6) is 0 Å². The van der Waals surface area contributed by atoms with E-state index in [-0.39, 0.29) is 5.56 Å². The van der Waals surface area contributed by atoms with Crippen LogP contribution in [0.3, 0.4) is 0 Å². The largest absolute Gasteiger partial charge is 0.321 e. The van der Waals surface area contributed by atoms with Gasteiger partial charge in [0, 0.05) is 4.47 Å². The molecular weight excluding hydrogens is 321 g/mol. The highest BCUT2D eigenvalue weighted by molar-refractivity contribution is 9.10. The van der Waals surface area contributed by atoms with Crippen LogP contribution in [0.1, 0.15) is 27.0 Å². The lowest BCUT2D eigenvalue weighted by atomic mass is 10.1. The first-order valence-electron chi connectivity index (χ1n) is 6.23. The Morgan fingerprint density at radius 3 is 2.50 bits per heavy atom. The second-order valence-electron chi connectivity index (χ2n) is 4.83. The summed E-state index contributed by atoms with van der Waals surface area (Å²) < 4.78 is 14.7. The number of halogens is 2. The van der Waals surface area contributed by atoms with Gasteiger partial charge in [0.05, 0.1) is 11.3 Å². The number of anilines is 1. The van der Waals surface area contributed by atoms with Crippen molar-refractivity contribution in [1.29, 1.82) is 0 Å². The number of hydrogen-bond donors (Lipinski definition) is 1. The highest BCUT2D eigenvalue weighted by Gasteiger charge is 2.15. The van der Waals surface area contributed by atoms with E-state index in [2.05, 4.69) is 21.2 Å². The summed E-state index contributed by atoms with van der Waals surface area (Å²) in [6, 6.07) is 8.67. The molecule has 0 aromatic heterocycles. The van der Waals surface area contributed by atoms with E-state index in [4.69, 9.17) is 0 Å². The highest BCUT2D eigenvalue weighted by atomic mass is 79.9. The molecule has 4 heteroatoms. The zero-order valence-electron chi connectivity index (χ0n) is 11.6. The van der Waals surface area contributed by atoms with E-state index in [0.29, 0.717) is 11.3 Å². The number of amides is 1. The molecule has 0 unspecified atom stereocenters. The van der Waals surface area contributed by atoms with Crippen LogP contribution in [-0.4, -0.2) is 5.91 Å². The van der Waals surface area contributed by atoms with Crippen LogP contribution in [0.15, 0.2) is 34.8 Å². The monoisotopic (exact) mass is 335 g/mol. The van der Waals surface area contributed by atoms with Crippen LogP contribution in [0.2, 0.25) is 0 Å². The number of rotatable bonds is 2. The average Bonchev–Trinajstić information content (AvgIpc) is 2.36. The summed E-state index contributed by atoms with van der Waals surface area (Å²) in [4.78, 5) is 12.2. The Morgan fingerprint density at radius 2 is 1.85 bits per heavy atom. The molecule has 0 bridgehead atoms. The molecule has 0 spiro atoms. The van der Waals surface area contributed by atoms with Gasteiger partial charge in [0.1, 0.15) is 5.82 Å². The number of aryl methyl sites for hydroxylation is 3. The quantitative estimate of drug-likeness (QED) is 0.841. The molecule has 0 aliphatic heterocycles. The first-order valence-corrected chi connectivity index (χ1v) is 7.02. The van der Waals surface area contributed by atoms with Crippen LogP contribution < -0.4 is 5.32 Å². The normalized spacial score (nSPS) is 10.4. The van der Waals surface area contributed by atoms with Crippen molar-refractivity contribution in [3.63, 3.8) is 0 Å². The molecule has 0 atom stereocenters. The van der Waals surface area contributed by atoms with E-state index in [1.165, 1.54) is 6.07 Å². The molecule has 2 aromatic carbocycles. The van der Waals surface area contributed by atoms with E-state index in [1.807, 2.05) is 26.0 Å². The minimum absolute atomic E-state index is 0.0527. The lowest BCUT2D eigenvalue weighted by Crippen LogP contribution is -2.15. The topological polar surface area (TPSA) is 29.1 Å². The summed E-state index contributed by atoms with van der Waals surface area (Å²) in [7, 11) is 0. The lowest BCUT2D eigenvalue weighted by molar-refractivity contribution is 0.102. The predicted octanol–water partition coefficient (Wildman–Crippen LogP) is 4.77. The number of carbonyl (C=O) groups is 1. The van der Waals surface area contributed by atoms with Gasteiger partial charge < -0.3 is 5.32 Å². The van der Waals surface area contributed by atoms with Gasteiger partial charge in [-0.25, -0.2) is 4.39 Å². The minimum atomic E-state index is -0.481. The van der Waals surface area contributed by atoms with Crippen molar-refractivity contribution in [1.82, 2.24) is 0 Å². The third kappa shape index (κ3) is 2.90. The fourth-order valence-electron chi connectivity index (χ4n) is 2.08. The Bertz CT molecular complexity index is 659. The first kappa shape index (κ1) is 14.7. The van der Waals surface area contributed by atoms with Gasteiger partial charge in [0.15, 0.2) is 0 Å². The number of nitrogens with one attached hydrogen (secondary N) is 1. The summed E-state index contributed by atoms with van der Waals surface area (Å²) in [5.74, 6) is -0.926. The molecule has 2 rings (SSSR count). The zero-order chi connectivity index (χ0) is 14.9. The summed E-state index contributed by atoms with van der Waals surface area (Å²) in [5.41, 5.74) is 3.20. The van der Waals surface area contributed by atoms with Crippen LogP contribution in [-0.2, 0) is 0 Å². The molecule has 0 radical (unpaired) electrons. The SMILES string of the molecule is Cc1cc(C)c(NC(=O)c2cccc(C)c2F)c(Br)c1.